The molecule has 21 heavy (non-hydrogen) atoms. The highest BCUT2D eigenvalue weighted by Crippen LogP contribution is 2.35. The van der Waals surface area contributed by atoms with E-state index in [1.807, 2.05) is 6.92 Å². The quantitative estimate of drug-likeness (QED) is 0.779. The summed E-state index contributed by atoms with van der Waals surface area (Å²) in [5, 5.41) is 13.5. The molecule has 0 bridgehead atoms. The maximum atomic E-state index is 12.1. The van der Waals surface area contributed by atoms with Gasteiger partial charge in [0.15, 0.2) is 0 Å². The molecule has 0 amide bonds. The van der Waals surface area contributed by atoms with Crippen LogP contribution in [0.3, 0.4) is 0 Å². The van der Waals surface area contributed by atoms with E-state index in [-0.39, 0.29) is 11.4 Å². The van der Waals surface area contributed by atoms with Crippen molar-refractivity contribution in [3.05, 3.63) is 10.2 Å². The molecular formula is C14H19BrN4O2. The topological polar surface area (TPSA) is 71.2 Å². The number of carbonyl (C=O) groups is 1. The molecule has 2 heterocycles. The molecular weight excluding hydrogens is 336 g/mol. The Labute approximate surface area is 132 Å². The smallest absolute Gasteiger partial charge is 0.344 e. The van der Waals surface area contributed by atoms with Crippen molar-refractivity contribution in [1.82, 2.24) is 9.78 Å². The molecule has 0 saturated carbocycles. The molecule has 1 aliphatic rings. The number of piperidine rings is 1. The number of nitrogens with zero attached hydrogens (tertiary/aromatic N) is 4. The highest BCUT2D eigenvalue weighted by Gasteiger charge is 2.34. The number of nitriles is 1. The highest BCUT2D eigenvalue weighted by atomic mass is 79.9. The maximum Gasteiger partial charge on any atom is 0.344 e. The van der Waals surface area contributed by atoms with E-state index in [1.165, 1.54) is 0 Å². The van der Waals surface area contributed by atoms with Crippen molar-refractivity contribution < 1.29 is 9.53 Å². The van der Waals surface area contributed by atoms with E-state index in [1.54, 1.807) is 18.7 Å². The van der Waals surface area contributed by atoms with Crippen LogP contribution in [0.4, 0.5) is 5.82 Å². The fourth-order valence-electron chi connectivity index (χ4n) is 2.55. The summed E-state index contributed by atoms with van der Waals surface area (Å²) in [5.74, 6) is 0.376. The van der Waals surface area contributed by atoms with Gasteiger partial charge >= 0.3 is 5.97 Å². The molecule has 1 saturated heterocycles. The third kappa shape index (κ3) is 3.05. The Morgan fingerprint density at radius 2 is 2.14 bits per heavy atom. The van der Waals surface area contributed by atoms with Crippen LogP contribution in [0.2, 0.25) is 0 Å². The monoisotopic (exact) mass is 354 g/mol. The van der Waals surface area contributed by atoms with Crippen molar-refractivity contribution in [3.8, 4) is 6.07 Å². The Bertz CT molecular complexity index is 583. The minimum atomic E-state index is -0.374. The van der Waals surface area contributed by atoms with E-state index >= 15 is 0 Å². The Morgan fingerprint density at radius 1 is 1.52 bits per heavy atom. The zero-order valence-electron chi connectivity index (χ0n) is 12.5. The number of rotatable bonds is 3. The third-order valence-electron chi connectivity index (χ3n) is 3.89. The van der Waals surface area contributed by atoms with Crippen LogP contribution in [0.1, 0.15) is 37.0 Å². The van der Waals surface area contributed by atoms with Crippen LogP contribution < -0.4 is 4.90 Å². The molecule has 6 nitrogen and oxygen atoms in total. The SMILES string of the molecule is CCOC(=O)c1c(Br)nn(C)c1N1CCC(C)(C#N)CC1. The summed E-state index contributed by atoms with van der Waals surface area (Å²) in [5.41, 5.74) is 0.177. The Balaban J connectivity index is 2.29. The molecule has 0 atom stereocenters. The molecule has 114 valence electrons. The first-order chi connectivity index (χ1) is 9.91. The van der Waals surface area contributed by atoms with Crippen LogP contribution in [-0.4, -0.2) is 35.4 Å². The molecule has 0 aliphatic carbocycles. The first-order valence-corrected chi connectivity index (χ1v) is 7.77. The zero-order valence-corrected chi connectivity index (χ0v) is 14.1. The standard InChI is InChI=1S/C14H19BrN4O2/c1-4-21-13(20)10-11(15)17-18(3)12(10)19-7-5-14(2,9-16)6-8-19/h4-8H2,1-3H3. The molecule has 0 unspecified atom stereocenters. The lowest BCUT2D eigenvalue weighted by Gasteiger charge is -2.36. The maximum absolute atomic E-state index is 12.1. The van der Waals surface area contributed by atoms with Gasteiger partial charge in [-0.25, -0.2) is 4.79 Å². The van der Waals surface area contributed by atoms with E-state index in [0.29, 0.717) is 16.8 Å². The Morgan fingerprint density at radius 3 is 2.67 bits per heavy atom. The summed E-state index contributed by atoms with van der Waals surface area (Å²) in [4.78, 5) is 14.2. The minimum absolute atomic E-state index is 0.281. The molecule has 0 radical (unpaired) electrons. The number of hydrogen-bond donors (Lipinski definition) is 0. The van der Waals surface area contributed by atoms with E-state index in [4.69, 9.17) is 4.74 Å². The highest BCUT2D eigenvalue weighted by molar-refractivity contribution is 9.10. The number of ether oxygens (including phenoxy) is 1. The molecule has 1 aliphatic heterocycles. The summed E-state index contributed by atoms with van der Waals surface area (Å²) in [6.45, 7) is 5.54. The molecule has 2 rings (SSSR count). The number of esters is 1. The summed E-state index contributed by atoms with van der Waals surface area (Å²) in [6.07, 6.45) is 1.54. The van der Waals surface area contributed by atoms with Crippen LogP contribution in [0.5, 0.6) is 0 Å². The number of aryl methyl sites for hydroxylation is 1. The fourth-order valence-corrected chi connectivity index (χ4v) is 3.13. The van der Waals surface area contributed by atoms with Gasteiger partial charge in [-0.3, -0.25) is 4.68 Å². The van der Waals surface area contributed by atoms with Gasteiger partial charge in [0.1, 0.15) is 16.0 Å². The second-order valence-corrected chi connectivity index (χ2v) is 6.24. The van der Waals surface area contributed by atoms with Crippen LogP contribution in [0, 0.1) is 16.7 Å². The first kappa shape index (κ1) is 15.8. The zero-order chi connectivity index (χ0) is 15.6. The van der Waals surface area contributed by atoms with Gasteiger partial charge in [0.05, 0.1) is 18.1 Å². The van der Waals surface area contributed by atoms with Crippen LogP contribution >= 0.6 is 15.9 Å². The summed E-state index contributed by atoms with van der Waals surface area (Å²) < 4.78 is 7.29. The number of aromatic nitrogens is 2. The van der Waals surface area contributed by atoms with Crippen molar-refractivity contribution in [2.24, 2.45) is 12.5 Å². The lowest BCUT2D eigenvalue weighted by atomic mass is 9.82. The van der Waals surface area contributed by atoms with Gasteiger partial charge in [-0.1, -0.05) is 0 Å². The molecule has 0 aromatic carbocycles. The van der Waals surface area contributed by atoms with Gasteiger partial charge < -0.3 is 9.64 Å². The fraction of sp³-hybridized carbons (Fsp3) is 0.643. The molecule has 1 aromatic heterocycles. The molecule has 1 fully saturated rings. The van der Waals surface area contributed by atoms with Crippen molar-refractivity contribution in [2.45, 2.75) is 26.7 Å². The van der Waals surface area contributed by atoms with Gasteiger partial charge in [0.25, 0.3) is 0 Å². The van der Waals surface area contributed by atoms with Crippen molar-refractivity contribution in [2.75, 3.05) is 24.6 Å². The van der Waals surface area contributed by atoms with E-state index in [2.05, 4.69) is 32.0 Å². The second kappa shape index (κ2) is 6.06. The number of halogens is 1. The Hall–Kier alpha value is -1.55. The third-order valence-corrected chi connectivity index (χ3v) is 4.45. The van der Waals surface area contributed by atoms with Gasteiger partial charge in [-0.15, -0.1) is 0 Å². The van der Waals surface area contributed by atoms with Crippen LogP contribution in [0.15, 0.2) is 4.60 Å². The molecule has 1 aromatic rings. The molecule has 0 spiro atoms. The predicted molar refractivity (Wildman–Crippen MR) is 82.0 cm³/mol. The normalized spacial score (nSPS) is 17.4. The molecule has 7 heteroatoms. The lowest BCUT2D eigenvalue weighted by Crippen LogP contribution is -2.39. The van der Waals surface area contributed by atoms with Crippen molar-refractivity contribution in [3.63, 3.8) is 0 Å². The number of carbonyl (C=O) groups excluding carboxylic acids is 1. The van der Waals surface area contributed by atoms with Gasteiger partial charge in [0.2, 0.25) is 0 Å². The average Bonchev–Trinajstić information content (AvgIpc) is 2.75. The summed E-state index contributed by atoms with van der Waals surface area (Å²) in [6, 6.07) is 2.38. The van der Waals surface area contributed by atoms with Crippen LogP contribution in [-0.2, 0) is 11.8 Å². The predicted octanol–water partition coefficient (Wildman–Crippen LogP) is 2.49. The van der Waals surface area contributed by atoms with E-state index in [0.717, 1.165) is 31.7 Å². The minimum Gasteiger partial charge on any atom is -0.462 e. The van der Waals surface area contributed by atoms with E-state index < -0.39 is 0 Å². The van der Waals surface area contributed by atoms with Gasteiger partial charge in [0, 0.05) is 20.1 Å². The Kier molecular flexibility index (Phi) is 4.57. The summed E-state index contributed by atoms with van der Waals surface area (Å²) >= 11 is 3.33. The number of anilines is 1. The van der Waals surface area contributed by atoms with Crippen molar-refractivity contribution >= 4 is 27.7 Å². The average molecular weight is 355 g/mol. The lowest BCUT2D eigenvalue weighted by molar-refractivity contribution is 0.0526. The van der Waals surface area contributed by atoms with Gasteiger partial charge in [-0.05, 0) is 42.6 Å². The first-order valence-electron chi connectivity index (χ1n) is 6.97. The van der Waals surface area contributed by atoms with Crippen molar-refractivity contribution in [1.29, 1.82) is 5.26 Å². The van der Waals surface area contributed by atoms with E-state index in [9.17, 15) is 10.1 Å². The second-order valence-electron chi connectivity index (χ2n) is 5.49. The number of hydrogen-bond acceptors (Lipinski definition) is 5. The summed E-state index contributed by atoms with van der Waals surface area (Å²) in [7, 11) is 1.81. The molecule has 0 N–H and O–H groups in total. The van der Waals surface area contributed by atoms with Gasteiger partial charge in [-0.2, -0.15) is 10.4 Å². The van der Waals surface area contributed by atoms with Crippen LogP contribution in [0.25, 0.3) is 0 Å². The largest absolute Gasteiger partial charge is 0.462 e.